The molecule has 2 rings (SSSR count). The number of nitrogens with zero attached hydrogens (tertiary/aromatic N) is 1. The van der Waals surface area contributed by atoms with Gasteiger partial charge in [0.15, 0.2) is 6.61 Å². The normalized spacial score (nSPS) is 12.4. The second-order valence-electron chi connectivity index (χ2n) is 5.56. The van der Waals surface area contributed by atoms with E-state index in [1.165, 1.54) is 18.3 Å². The molecule has 5 nitrogen and oxygen atoms in total. The molecule has 0 fully saturated rings. The van der Waals surface area contributed by atoms with Crippen LogP contribution >= 0.6 is 11.6 Å². The standard InChI is InChI=1S/C17H17ClF3N3O2/c1-10-13(18)4-3-5-14(10)24-16(25)11(2)23-12-6-7-15(22-8-12)26-9-17(19,20)21/h3-8,11,23H,9H2,1-2H3,(H,24,25). The molecule has 0 aliphatic rings. The summed E-state index contributed by atoms with van der Waals surface area (Å²) in [6.07, 6.45) is -3.14. The zero-order chi connectivity index (χ0) is 19.3. The van der Waals surface area contributed by atoms with Gasteiger partial charge < -0.3 is 15.4 Å². The highest BCUT2D eigenvalue weighted by atomic mass is 35.5. The highest BCUT2D eigenvalue weighted by Crippen LogP contribution is 2.23. The number of aromatic nitrogens is 1. The number of alkyl halides is 3. The van der Waals surface area contributed by atoms with E-state index in [0.29, 0.717) is 16.4 Å². The van der Waals surface area contributed by atoms with E-state index in [4.69, 9.17) is 11.6 Å². The van der Waals surface area contributed by atoms with E-state index < -0.39 is 18.8 Å². The Bertz CT molecular complexity index is 767. The van der Waals surface area contributed by atoms with Gasteiger partial charge in [-0.25, -0.2) is 4.98 Å². The lowest BCUT2D eigenvalue weighted by Gasteiger charge is -2.16. The first-order valence-corrected chi connectivity index (χ1v) is 8.01. The monoisotopic (exact) mass is 387 g/mol. The van der Waals surface area contributed by atoms with Crippen LogP contribution < -0.4 is 15.4 Å². The van der Waals surface area contributed by atoms with Gasteiger partial charge in [0.25, 0.3) is 0 Å². The molecule has 1 aromatic carbocycles. The van der Waals surface area contributed by atoms with Crippen molar-refractivity contribution in [2.75, 3.05) is 17.2 Å². The molecule has 0 saturated heterocycles. The van der Waals surface area contributed by atoms with Crippen LogP contribution in [-0.2, 0) is 4.79 Å². The van der Waals surface area contributed by atoms with E-state index in [-0.39, 0.29) is 11.8 Å². The van der Waals surface area contributed by atoms with Gasteiger partial charge in [-0.2, -0.15) is 13.2 Å². The lowest BCUT2D eigenvalue weighted by molar-refractivity contribution is -0.154. The van der Waals surface area contributed by atoms with Gasteiger partial charge >= 0.3 is 6.18 Å². The van der Waals surface area contributed by atoms with Crippen molar-refractivity contribution in [3.63, 3.8) is 0 Å². The van der Waals surface area contributed by atoms with E-state index in [2.05, 4.69) is 20.4 Å². The fraction of sp³-hybridized carbons (Fsp3) is 0.294. The molecule has 1 aromatic heterocycles. The quantitative estimate of drug-likeness (QED) is 0.770. The summed E-state index contributed by atoms with van der Waals surface area (Å²) in [6, 6.07) is 7.35. The van der Waals surface area contributed by atoms with Gasteiger partial charge in [0, 0.05) is 16.8 Å². The maximum Gasteiger partial charge on any atom is 0.422 e. The number of benzene rings is 1. The molecule has 1 amide bonds. The van der Waals surface area contributed by atoms with Gasteiger partial charge in [-0.05, 0) is 37.6 Å². The first kappa shape index (κ1) is 19.8. The van der Waals surface area contributed by atoms with Crippen molar-refractivity contribution in [2.45, 2.75) is 26.1 Å². The van der Waals surface area contributed by atoms with Crippen LogP contribution in [0.5, 0.6) is 5.88 Å². The second-order valence-corrected chi connectivity index (χ2v) is 5.96. The van der Waals surface area contributed by atoms with Gasteiger partial charge in [-0.1, -0.05) is 17.7 Å². The Hall–Kier alpha value is -2.48. The Balaban J connectivity index is 1.93. The molecular weight excluding hydrogens is 371 g/mol. The highest BCUT2D eigenvalue weighted by molar-refractivity contribution is 6.31. The summed E-state index contributed by atoms with van der Waals surface area (Å²) in [7, 11) is 0. The van der Waals surface area contributed by atoms with E-state index in [1.807, 2.05) is 0 Å². The van der Waals surface area contributed by atoms with Crippen molar-refractivity contribution in [1.82, 2.24) is 4.98 Å². The predicted octanol–water partition coefficient (Wildman–Crippen LogP) is 4.42. The SMILES string of the molecule is Cc1c(Cl)cccc1NC(=O)C(C)Nc1ccc(OCC(F)(F)F)nc1. The summed E-state index contributed by atoms with van der Waals surface area (Å²) < 4.78 is 40.8. The summed E-state index contributed by atoms with van der Waals surface area (Å²) in [5.74, 6) is -0.452. The molecule has 0 aliphatic carbocycles. The third kappa shape index (κ3) is 5.80. The van der Waals surface area contributed by atoms with Crippen LogP contribution in [0.4, 0.5) is 24.5 Å². The minimum absolute atomic E-state index is 0.153. The van der Waals surface area contributed by atoms with Crippen molar-refractivity contribution < 1.29 is 22.7 Å². The number of carbonyl (C=O) groups excluding carboxylic acids is 1. The van der Waals surface area contributed by atoms with Gasteiger partial charge in [0.2, 0.25) is 11.8 Å². The minimum atomic E-state index is -4.43. The van der Waals surface area contributed by atoms with Crippen LogP contribution in [0, 0.1) is 6.92 Å². The zero-order valence-electron chi connectivity index (χ0n) is 14.0. The molecule has 0 bridgehead atoms. The first-order chi connectivity index (χ1) is 12.2. The molecule has 0 saturated carbocycles. The van der Waals surface area contributed by atoms with Crippen molar-refractivity contribution >= 4 is 28.9 Å². The lowest BCUT2D eigenvalue weighted by Crippen LogP contribution is -2.32. The Morgan fingerprint density at radius 3 is 2.65 bits per heavy atom. The largest absolute Gasteiger partial charge is 0.468 e. The van der Waals surface area contributed by atoms with Crippen molar-refractivity contribution in [2.24, 2.45) is 0 Å². The molecule has 1 atom stereocenters. The summed E-state index contributed by atoms with van der Waals surface area (Å²) >= 11 is 6.02. The highest BCUT2D eigenvalue weighted by Gasteiger charge is 2.28. The molecule has 2 aromatic rings. The molecule has 26 heavy (non-hydrogen) atoms. The third-order valence-corrected chi connectivity index (χ3v) is 3.83. The summed E-state index contributed by atoms with van der Waals surface area (Å²) in [5, 5.41) is 6.22. The Morgan fingerprint density at radius 1 is 1.31 bits per heavy atom. The van der Waals surface area contributed by atoms with E-state index in [9.17, 15) is 18.0 Å². The van der Waals surface area contributed by atoms with Crippen molar-refractivity contribution in [3.8, 4) is 5.88 Å². The number of ether oxygens (including phenoxy) is 1. The van der Waals surface area contributed by atoms with Gasteiger partial charge in [0.1, 0.15) is 6.04 Å². The van der Waals surface area contributed by atoms with Crippen molar-refractivity contribution in [1.29, 1.82) is 0 Å². The Labute approximate surface area is 153 Å². The van der Waals surface area contributed by atoms with E-state index in [0.717, 1.165) is 5.56 Å². The molecule has 0 radical (unpaired) electrons. The van der Waals surface area contributed by atoms with E-state index >= 15 is 0 Å². The summed E-state index contributed by atoms with van der Waals surface area (Å²) in [6.45, 7) is 2.02. The number of carbonyl (C=O) groups is 1. The number of anilines is 2. The van der Waals surface area contributed by atoms with Crippen LogP contribution in [0.1, 0.15) is 12.5 Å². The molecule has 9 heteroatoms. The topological polar surface area (TPSA) is 63.2 Å². The van der Waals surface area contributed by atoms with Crippen molar-refractivity contribution in [3.05, 3.63) is 47.1 Å². The molecular formula is C17H17ClF3N3O2. The minimum Gasteiger partial charge on any atom is -0.468 e. The molecule has 1 unspecified atom stereocenters. The maximum absolute atomic E-state index is 12.3. The van der Waals surface area contributed by atoms with Gasteiger partial charge in [-0.3, -0.25) is 4.79 Å². The average molecular weight is 388 g/mol. The number of halogens is 4. The Morgan fingerprint density at radius 2 is 2.04 bits per heavy atom. The number of hydrogen-bond donors (Lipinski definition) is 2. The van der Waals surface area contributed by atoms with Crippen LogP contribution in [0.2, 0.25) is 5.02 Å². The van der Waals surface area contributed by atoms with Crippen LogP contribution in [-0.4, -0.2) is 29.7 Å². The first-order valence-electron chi connectivity index (χ1n) is 7.64. The fourth-order valence-corrected chi connectivity index (χ4v) is 2.18. The smallest absolute Gasteiger partial charge is 0.422 e. The van der Waals surface area contributed by atoms with Crippen LogP contribution in [0.15, 0.2) is 36.5 Å². The number of hydrogen-bond acceptors (Lipinski definition) is 4. The molecule has 1 heterocycles. The third-order valence-electron chi connectivity index (χ3n) is 3.42. The van der Waals surface area contributed by atoms with Gasteiger partial charge in [0.05, 0.1) is 11.9 Å². The number of pyridine rings is 1. The fourth-order valence-electron chi connectivity index (χ4n) is 2.01. The number of nitrogens with one attached hydrogen (secondary N) is 2. The average Bonchev–Trinajstić information content (AvgIpc) is 2.57. The molecule has 0 aliphatic heterocycles. The summed E-state index contributed by atoms with van der Waals surface area (Å²) in [5.41, 5.74) is 1.82. The van der Waals surface area contributed by atoms with Crippen LogP contribution in [0.3, 0.4) is 0 Å². The van der Waals surface area contributed by atoms with Crippen LogP contribution in [0.25, 0.3) is 0 Å². The predicted molar refractivity (Wildman–Crippen MR) is 93.7 cm³/mol. The Kier molecular flexibility index (Phi) is 6.31. The van der Waals surface area contributed by atoms with E-state index in [1.54, 1.807) is 32.0 Å². The molecule has 0 spiro atoms. The second kappa shape index (κ2) is 8.27. The number of rotatable bonds is 6. The maximum atomic E-state index is 12.3. The molecule has 2 N–H and O–H groups in total. The lowest BCUT2D eigenvalue weighted by atomic mass is 10.2. The van der Waals surface area contributed by atoms with Gasteiger partial charge in [-0.15, -0.1) is 0 Å². The molecule has 140 valence electrons. The summed E-state index contributed by atoms with van der Waals surface area (Å²) in [4.78, 5) is 16.0. The zero-order valence-corrected chi connectivity index (χ0v) is 14.8. The number of amides is 1.